The highest BCUT2D eigenvalue weighted by molar-refractivity contribution is 7.48. The van der Waals surface area contributed by atoms with E-state index in [4.69, 9.17) is 33.9 Å². The summed E-state index contributed by atoms with van der Waals surface area (Å²) in [4.78, 5) is 26.3. The number of phosphoric acid groups is 1. The molecule has 2 rings (SSSR count). The van der Waals surface area contributed by atoms with Gasteiger partial charge in [0, 0.05) is 36.4 Å². The number of benzene rings is 1. The van der Waals surface area contributed by atoms with Crippen molar-refractivity contribution in [1.29, 1.82) is 10.8 Å². The molecule has 2 aromatic rings. The molecule has 0 unspecified atom stereocenters. The van der Waals surface area contributed by atoms with E-state index in [1.165, 1.54) is 6.08 Å². The first-order valence-corrected chi connectivity index (χ1v) is 16.7. The van der Waals surface area contributed by atoms with Crippen molar-refractivity contribution in [2.24, 2.45) is 0 Å². The number of anilines is 1. The summed E-state index contributed by atoms with van der Waals surface area (Å²) in [5.74, 6) is -5.24. The van der Waals surface area contributed by atoms with Crippen LogP contribution in [0.25, 0.3) is 5.57 Å². The first-order valence-electron chi connectivity index (χ1n) is 15.2. The lowest BCUT2D eigenvalue weighted by atomic mass is 10.1. The lowest BCUT2D eigenvalue weighted by molar-refractivity contribution is -0.116. The van der Waals surface area contributed by atoms with Gasteiger partial charge in [-0.05, 0) is 92.5 Å². The number of aromatic nitrogens is 2. The van der Waals surface area contributed by atoms with Crippen LogP contribution in [0.4, 0.5) is 23.8 Å². The molecule has 0 aliphatic rings. The Balaban J connectivity index is 2.43. The Kier molecular flexibility index (Phi) is 14.2. The molecular formula is C32H45F3N5O8P. The number of hydrogen-bond acceptors (Lipinski definition) is 11. The number of hydrogen-bond donors (Lipinski definition) is 3. The maximum atomic E-state index is 13.7. The summed E-state index contributed by atoms with van der Waals surface area (Å²) >= 11 is 0. The van der Waals surface area contributed by atoms with Gasteiger partial charge in [-0.25, -0.2) is 22.5 Å². The highest BCUT2D eigenvalue weighted by atomic mass is 31.2. The molecular weight excluding hydrogens is 670 g/mol. The average Bonchev–Trinajstić information content (AvgIpc) is 3.27. The fourth-order valence-electron chi connectivity index (χ4n) is 4.09. The van der Waals surface area contributed by atoms with Gasteiger partial charge in [-0.2, -0.15) is 4.68 Å². The molecule has 0 bridgehead atoms. The normalized spacial score (nSPS) is 12.9. The third-order valence-electron chi connectivity index (χ3n) is 5.75. The molecule has 17 heteroatoms. The number of aryl methyl sites for hydroxylation is 1. The number of nitrogens with one attached hydrogen (secondary N) is 3. The van der Waals surface area contributed by atoms with E-state index in [0.717, 1.165) is 29.2 Å². The second-order valence-corrected chi connectivity index (χ2v) is 15.2. The smallest absolute Gasteiger partial charge is 0.442 e. The average molecular weight is 716 g/mol. The summed E-state index contributed by atoms with van der Waals surface area (Å²) < 4.78 is 82.6. The van der Waals surface area contributed by atoms with Crippen LogP contribution >= 0.6 is 7.82 Å². The molecule has 0 saturated heterocycles. The lowest BCUT2D eigenvalue weighted by Crippen LogP contribution is -2.29. The van der Waals surface area contributed by atoms with Gasteiger partial charge in [-0.3, -0.25) is 18.4 Å². The topological polar surface area (TPSA) is 175 Å². The van der Waals surface area contributed by atoms with Gasteiger partial charge in [0.1, 0.15) is 5.60 Å². The number of halogens is 3. The Labute approximate surface area is 284 Å². The van der Waals surface area contributed by atoms with Gasteiger partial charge in [0.05, 0.1) is 23.5 Å². The van der Waals surface area contributed by atoms with Crippen molar-refractivity contribution in [2.45, 2.75) is 98.4 Å². The van der Waals surface area contributed by atoms with Crippen LogP contribution in [0.1, 0.15) is 85.6 Å². The number of nitrogens with zero attached hydrogens (tertiary/aromatic N) is 2. The highest BCUT2D eigenvalue weighted by Crippen LogP contribution is 2.55. The fourth-order valence-corrected chi connectivity index (χ4v) is 5.78. The van der Waals surface area contributed by atoms with Gasteiger partial charge in [-0.15, -0.1) is 5.10 Å². The molecule has 272 valence electrons. The van der Waals surface area contributed by atoms with Crippen LogP contribution in [-0.2, 0) is 45.2 Å². The molecule has 0 spiro atoms. The summed E-state index contributed by atoms with van der Waals surface area (Å²) in [5.41, 5.74) is -2.45. The Morgan fingerprint density at radius 1 is 0.939 bits per heavy atom. The summed E-state index contributed by atoms with van der Waals surface area (Å²) in [6.07, 6.45) is 1.50. The van der Waals surface area contributed by atoms with Crippen LogP contribution in [0, 0.1) is 28.3 Å². The van der Waals surface area contributed by atoms with Crippen molar-refractivity contribution >= 4 is 43.6 Å². The molecule has 0 fully saturated rings. The molecule has 1 heterocycles. The lowest BCUT2D eigenvalue weighted by Gasteiger charge is -2.30. The van der Waals surface area contributed by atoms with E-state index in [-0.39, 0.29) is 54.1 Å². The third-order valence-corrected chi connectivity index (χ3v) is 7.71. The SMILES string of the molecule is CC(C)(C)OC(=O)n1nc(NC(=O)CCc2cc(F)c(F)c(F)c2)c(CCOCOP(=O)(OC(C)(C)C)OC(C)(C)C)c1/C(C=N)=C/C=N. The number of phosphoric ester groups is 1. The summed E-state index contributed by atoms with van der Waals surface area (Å²) in [7, 11) is -4.10. The van der Waals surface area contributed by atoms with Crippen LogP contribution in [0.2, 0.25) is 0 Å². The minimum Gasteiger partial charge on any atom is -0.442 e. The van der Waals surface area contributed by atoms with E-state index < -0.39 is 60.9 Å². The fraction of sp³-hybridized carbons (Fsp3) is 0.531. The molecule has 0 atom stereocenters. The number of carbonyl (C=O) groups is 2. The van der Waals surface area contributed by atoms with Gasteiger partial charge >= 0.3 is 13.9 Å². The minimum absolute atomic E-state index is 0.00745. The number of allylic oxidation sites excluding steroid dienone is 2. The molecule has 1 aromatic carbocycles. The molecule has 49 heavy (non-hydrogen) atoms. The summed E-state index contributed by atoms with van der Waals surface area (Å²) in [5, 5.41) is 22.3. The maximum absolute atomic E-state index is 13.7. The van der Waals surface area contributed by atoms with E-state index in [2.05, 4.69) is 10.4 Å². The molecule has 1 aromatic heterocycles. The van der Waals surface area contributed by atoms with Crippen LogP contribution in [0.15, 0.2) is 18.2 Å². The number of ether oxygens (including phenoxy) is 2. The zero-order valence-electron chi connectivity index (χ0n) is 29.2. The Morgan fingerprint density at radius 2 is 1.51 bits per heavy atom. The quantitative estimate of drug-likeness (QED) is 0.0551. The predicted molar refractivity (Wildman–Crippen MR) is 178 cm³/mol. The number of amides is 1. The highest BCUT2D eigenvalue weighted by Gasteiger charge is 2.37. The van der Waals surface area contributed by atoms with E-state index in [1.807, 2.05) is 0 Å². The molecule has 0 aliphatic heterocycles. The van der Waals surface area contributed by atoms with Crippen molar-refractivity contribution in [3.05, 3.63) is 52.5 Å². The second kappa shape index (κ2) is 16.8. The van der Waals surface area contributed by atoms with Crippen LogP contribution in [0.3, 0.4) is 0 Å². The largest absolute Gasteiger partial charge is 0.477 e. The molecule has 3 N–H and O–H groups in total. The van der Waals surface area contributed by atoms with Crippen molar-refractivity contribution < 1.29 is 50.4 Å². The molecule has 0 aliphatic carbocycles. The van der Waals surface area contributed by atoms with E-state index in [9.17, 15) is 27.3 Å². The van der Waals surface area contributed by atoms with Crippen molar-refractivity contribution in [2.75, 3.05) is 18.7 Å². The zero-order valence-corrected chi connectivity index (χ0v) is 30.1. The van der Waals surface area contributed by atoms with Gasteiger partial charge in [0.2, 0.25) is 5.91 Å². The zero-order chi connectivity index (χ0) is 37.4. The van der Waals surface area contributed by atoms with E-state index >= 15 is 0 Å². The number of rotatable bonds is 15. The monoisotopic (exact) mass is 715 g/mol. The van der Waals surface area contributed by atoms with Crippen molar-refractivity contribution in [3.63, 3.8) is 0 Å². The van der Waals surface area contributed by atoms with E-state index in [0.29, 0.717) is 0 Å². The van der Waals surface area contributed by atoms with Crippen molar-refractivity contribution in [3.8, 4) is 0 Å². The van der Waals surface area contributed by atoms with Crippen LogP contribution < -0.4 is 5.32 Å². The second-order valence-electron chi connectivity index (χ2n) is 13.7. The van der Waals surface area contributed by atoms with Gasteiger partial charge < -0.3 is 25.6 Å². The molecule has 0 saturated carbocycles. The minimum atomic E-state index is -4.10. The Bertz CT molecular complexity index is 1560. The van der Waals surface area contributed by atoms with Gasteiger partial charge in [-0.1, -0.05) is 0 Å². The van der Waals surface area contributed by atoms with Crippen molar-refractivity contribution in [1.82, 2.24) is 9.78 Å². The van der Waals surface area contributed by atoms with Crippen LogP contribution in [-0.4, -0.2) is 64.4 Å². The third kappa shape index (κ3) is 13.6. The first-order chi connectivity index (χ1) is 22.5. The maximum Gasteiger partial charge on any atom is 0.477 e. The molecule has 13 nitrogen and oxygen atoms in total. The first kappa shape index (κ1) is 41.5. The predicted octanol–water partition coefficient (Wildman–Crippen LogP) is 7.61. The molecule has 1 amide bonds. The summed E-state index contributed by atoms with van der Waals surface area (Å²) in [6, 6.07) is 1.56. The number of carbonyl (C=O) groups excluding carboxylic acids is 2. The molecule has 0 radical (unpaired) electrons. The van der Waals surface area contributed by atoms with Gasteiger partial charge in [0.25, 0.3) is 0 Å². The standard InChI is InChI=1S/C32H45F3N5O8P/c1-30(2,3)46-29(42)40-27(21(18-37)12-14-36)22(13-15-44-19-45-49(43,47-31(4,5)6)48-32(7,8)9)28(39-40)38-25(41)11-10-20-16-23(33)26(35)24(34)17-20/h12,14,16-18,36-37H,10-11,13,15,19H2,1-9H3,(H,38,39,41)/b21-12+,36-14?,37-18?. The van der Waals surface area contributed by atoms with Gasteiger partial charge in [0.15, 0.2) is 30.1 Å². The summed E-state index contributed by atoms with van der Waals surface area (Å²) in [6.45, 7) is 14.2. The van der Waals surface area contributed by atoms with Crippen LogP contribution in [0.5, 0.6) is 0 Å². The van der Waals surface area contributed by atoms with E-state index in [1.54, 1.807) is 62.3 Å². The Morgan fingerprint density at radius 3 is 2.00 bits per heavy atom. The Hall–Kier alpha value is -3.69.